The van der Waals surface area contributed by atoms with Gasteiger partial charge in [0.25, 0.3) is 15.9 Å². The van der Waals surface area contributed by atoms with Crippen LogP contribution in [0.25, 0.3) is 16.8 Å². The molecule has 4 rings (SSSR count). The van der Waals surface area contributed by atoms with Crippen molar-refractivity contribution in [1.29, 1.82) is 0 Å². The molecule has 34 heavy (non-hydrogen) atoms. The number of anilines is 1. The Labute approximate surface area is 202 Å². The number of amides is 1. The number of pyridine rings is 1. The highest BCUT2D eigenvalue weighted by Crippen LogP contribution is 2.35. The van der Waals surface area contributed by atoms with Crippen LogP contribution in [0.15, 0.2) is 48.0 Å². The van der Waals surface area contributed by atoms with Crippen LogP contribution >= 0.6 is 23.2 Å². The number of nitrogens with zero attached hydrogens (tertiary/aromatic N) is 4. The van der Waals surface area contributed by atoms with Crippen LogP contribution in [0.1, 0.15) is 10.5 Å². The Kier molecular flexibility index (Phi) is 6.30. The van der Waals surface area contributed by atoms with E-state index in [1.165, 1.54) is 55.6 Å². The number of sulfonamides is 1. The van der Waals surface area contributed by atoms with Gasteiger partial charge in [-0.15, -0.1) is 0 Å². The Hall–Kier alpha value is -3.48. The fourth-order valence-corrected chi connectivity index (χ4v) is 4.81. The van der Waals surface area contributed by atoms with Gasteiger partial charge in [0.1, 0.15) is 6.33 Å². The molecule has 1 aromatic carbocycles. The van der Waals surface area contributed by atoms with E-state index in [1.807, 2.05) is 0 Å². The van der Waals surface area contributed by atoms with Crippen LogP contribution < -0.4 is 14.8 Å². The van der Waals surface area contributed by atoms with Crippen LogP contribution in [0.2, 0.25) is 10.0 Å². The monoisotopic (exact) mass is 524 g/mol. The van der Waals surface area contributed by atoms with Crippen LogP contribution in [0.3, 0.4) is 0 Å². The third-order valence-electron chi connectivity index (χ3n) is 4.72. The van der Waals surface area contributed by atoms with Crippen LogP contribution in [-0.2, 0) is 10.0 Å². The van der Waals surface area contributed by atoms with Gasteiger partial charge in [-0.3, -0.25) is 14.5 Å². The summed E-state index contributed by atoms with van der Waals surface area (Å²) in [5.74, 6) is -1.60. The van der Waals surface area contributed by atoms with E-state index in [-0.39, 0.29) is 43.5 Å². The maximum atomic E-state index is 15.5. The van der Waals surface area contributed by atoms with Gasteiger partial charge in [-0.25, -0.2) is 22.8 Å². The normalized spacial score (nSPS) is 11.4. The van der Waals surface area contributed by atoms with E-state index in [1.54, 1.807) is 0 Å². The molecule has 3 aromatic heterocycles. The summed E-state index contributed by atoms with van der Waals surface area (Å²) in [7, 11) is -1.64. The number of hydrogen-bond acceptors (Lipinski definition) is 7. The number of imidazole rings is 1. The van der Waals surface area contributed by atoms with E-state index in [0.717, 1.165) is 6.07 Å². The van der Waals surface area contributed by atoms with Crippen molar-refractivity contribution in [1.82, 2.24) is 24.7 Å². The number of benzene rings is 1. The molecule has 3 heterocycles. The van der Waals surface area contributed by atoms with E-state index in [9.17, 15) is 13.2 Å². The van der Waals surface area contributed by atoms with Crippen molar-refractivity contribution < 1.29 is 22.3 Å². The molecular weight excluding hydrogens is 510 g/mol. The summed E-state index contributed by atoms with van der Waals surface area (Å²) in [5.41, 5.74) is 0.0600. The molecule has 0 atom stereocenters. The van der Waals surface area contributed by atoms with Gasteiger partial charge in [0, 0.05) is 19.4 Å². The molecule has 0 saturated heterocycles. The van der Waals surface area contributed by atoms with Crippen molar-refractivity contribution in [3.05, 3.63) is 64.7 Å². The molecule has 0 fully saturated rings. The van der Waals surface area contributed by atoms with Gasteiger partial charge >= 0.3 is 0 Å². The van der Waals surface area contributed by atoms with Gasteiger partial charge in [-0.2, -0.15) is 0 Å². The lowest BCUT2D eigenvalue weighted by Gasteiger charge is -2.14. The molecule has 2 N–H and O–H groups in total. The van der Waals surface area contributed by atoms with Gasteiger partial charge < -0.3 is 14.5 Å². The molecule has 0 bridgehead atoms. The zero-order chi connectivity index (χ0) is 24.6. The van der Waals surface area contributed by atoms with Gasteiger partial charge in [0.05, 0.1) is 45.8 Å². The molecule has 0 spiro atoms. The molecule has 0 unspecified atom stereocenters. The summed E-state index contributed by atoms with van der Waals surface area (Å²) in [6.07, 6.45) is 5.33. The summed E-state index contributed by atoms with van der Waals surface area (Å²) in [5, 5.41) is 2.50. The first-order valence-corrected chi connectivity index (χ1v) is 11.7. The fourth-order valence-electron chi connectivity index (χ4n) is 3.14. The predicted molar refractivity (Wildman–Crippen MR) is 123 cm³/mol. The minimum absolute atomic E-state index is 0.0130. The zero-order valence-corrected chi connectivity index (χ0v) is 19.8. The van der Waals surface area contributed by atoms with E-state index in [0.29, 0.717) is 5.52 Å². The number of ether oxygens (including phenoxy) is 1. The van der Waals surface area contributed by atoms with Gasteiger partial charge in [-0.05, 0) is 18.2 Å². The number of carbonyl (C=O) groups excluding carboxylic acids is 1. The average molecular weight is 525 g/mol. The lowest BCUT2D eigenvalue weighted by atomic mass is 10.1. The number of hydrogen-bond donors (Lipinski definition) is 2. The fraction of sp³-hybridized carbons (Fsp3) is 0.100. The first-order valence-electron chi connectivity index (χ1n) is 9.41. The van der Waals surface area contributed by atoms with Crippen LogP contribution in [0.5, 0.6) is 5.88 Å². The van der Waals surface area contributed by atoms with E-state index in [4.69, 9.17) is 27.9 Å². The second-order valence-corrected chi connectivity index (χ2v) is 9.28. The number of carbonyl (C=O) groups is 1. The number of nitrogens with one attached hydrogen (secondary N) is 2. The maximum absolute atomic E-state index is 15.5. The van der Waals surface area contributed by atoms with E-state index in [2.05, 4.69) is 25.0 Å². The highest BCUT2D eigenvalue weighted by molar-refractivity contribution is 7.92. The van der Waals surface area contributed by atoms with E-state index >= 15 is 4.39 Å². The first-order chi connectivity index (χ1) is 16.2. The molecule has 176 valence electrons. The standard InChI is InChI=1S/C20H15Cl2FN6O4S/c1-24-19(30)18-14-7-25-13(8-29(14)9-27-18)16-11(22)3-4-12(17(16)23)28-34(31,32)15-5-10(21)6-26-20(15)33-2/h3-9,28H,1-2H3,(H,24,30). The predicted octanol–water partition coefficient (Wildman–Crippen LogP) is 3.41. The molecule has 10 nitrogen and oxygen atoms in total. The Morgan fingerprint density at radius 1 is 1.18 bits per heavy atom. The van der Waals surface area contributed by atoms with Crippen molar-refractivity contribution in [2.75, 3.05) is 18.9 Å². The Balaban J connectivity index is 1.78. The molecular formula is C20H15Cl2FN6O4S. The third kappa shape index (κ3) is 4.22. The van der Waals surface area contributed by atoms with Crippen molar-refractivity contribution >= 4 is 50.3 Å². The second-order valence-electron chi connectivity index (χ2n) is 6.79. The number of fused-ring (bicyclic) bond motifs is 1. The molecule has 1 amide bonds. The summed E-state index contributed by atoms with van der Waals surface area (Å²) in [4.78, 5) is 23.6. The largest absolute Gasteiger partial charge is 0.480 e. The lowest BCUT2D eigenvalue weighted by Crippen LogP contribution is -2.18. The van der Waals surface area contributed by atoms with Gasteiger partial charge in [0.15, 0.2) is 16.4 Å². The zero-order valence-electron chi connectivity index (χ0n) is 17.5. The Bertz CT molecular complexity index is 1540. The van der Waals surface area contributed by atoms with Gasteiger partial charge in [0.2, 0.25) is 5.88 Å². The topological polar surface area (TPSA) is 128 Å². The second kappa shape index (κ2) is 9.05. The number of methoxy groups -OCH3 is 1. The van der Waals surface area contributed by atoms with Crippen LogP contribution in [0, 0.1) is 5.82 Å². The maximum Gasteiger partial charge on any atom is 0.271 e. The Morgan fingerprint density at radius 3 is 2.65 bits per heavy atom. The van der Waals surface area contributed by atoms with Crippen molar-refractivity contribution in [2.45, 2.75) is 4.90 Å². The molecule has 0 aliphatic carbocycles. The molecule has 0 aliphatic rings. The minimum Gasteiger partial charge on any atom is -0.480 e. The quantitative estimate of drug-likeness (QED) is 0.395. The molecule has 0 saturated carbocycles. The molecule has 0 aliphatic heterocycles. The lowest BCUT2D eigenvalue weighted by molar-refractivity contribution is 0.0960. The van der Waals surface area contributed by atoms with Crippen LogP contribution in [-0.4, -0.2) is 47.8 Å². The number of aromatic nitrogens is 4. The van der Waals surface area contributed by atoms with E-state index < -0.39 is 21.7 Å². The van der Waals surface area contributed by atoms with Crippen molar-refractivity contribution in [2.24, 2.45) is 0 Å². The summed E-state index contributed by atoms with van der Waals surface area (Å²) in [6, 6.07) is 3.62. The minimum atomic E-state index is -4.34. The van der Waals surface area contributed by atoms with Crippen molar-refractivity contribution in [3.8, 4) is 17.1 Å². The first kappa shape index (κ1) is 23.7. The Morgan fingerprint density at radius 2 is 1.94 bits per heavy atom. The van der Waals surface area contributed by atoms with Crippen LogP contribution in [0.4, 0.5) is 10.1 Å². The number of rotatable bonds is 6. The van der Waals surface area contributed by atoms with Gasteiger partial charge in [-0.1, -0.05) is 23.2 Å². The highest BCUT2D eigenvalue weighted by atomic mass is 35.5. The molecule has 4 aromatic rings. The summed E-state index contributed by atoms with van der Waals surface area (Å²) < 4.78 is 50.0. The smallest absolute Gasteiger partial charge is 0.271 e. The summed E-state index contributed by atoms with van der Waals surface area (Å²) in [6.45, 7) is 0. The SMILES string of the molecule is CNC(=O)c1ncn2cc(-c3c(Cl)ccc(NS(=O)(=O)c4cc(Cl)cnc4OC)c3F)ncc12. The number of halogens is 3. The average Bonchev–Trinajstić information content (AvgIpc) is 3.24. The third-order valence-corrected chi connectivity index (χ3v) is 6.60. The highest BCUT2D eigenvalue weighted by Gasteiger charge is 2.25. The van der Waals surface area contributed by atoms with Crippen molar-refractivity contribution in [3.63, 3.8) is 0 Å². The summed E-state index contributed by atoms with van der Waals surface area (Å²) >= 11 is 12.1. The molecule has 14 heteroatoms. The molecule has 0 radical (unpaired) electrons.